The molecule has 1 saturated heterocycles. The summed E-state index contributed by atoms with van der Waals surface area (Å²) in [6, 6.07) is 11.8. The van der Waals surface area contributed by atoms with Crippen molar-refractivity contribution in [3.05, 3.63) is 52.9 Å². The summed E-state index contributed by atoms with van der Waals surface area (Å²) in [6.45, 7) is 7.40. The third-order valence-corrected chi connectivity index (χ3v) is 4.72. The lowest BCUT2D eigenvalue weighted by atomic mass is 10.2. The van der Waals surface area contributed by atoms with E-state index in [9.17, 15) is 0 Å². The first-order valence-electron chi connectivity index (χ1n) is 8.88. The Balaban J connectivity index is 1.46. The molecule has 140 valence electrons. The average Bonchev–Trinajstić information content (AvgIpc) is 3.06. The highest BCUT2D eigenvalue weighted by atomic mass is 35.5. The van der Waals surface area contributed by atoms with Crippen molar-refractivity contribution in [1.82, 2.24) is 15.1 Å². The van der Waals surface area contributed by atoms with E-state index in [0.717, 1.165) is 54.2 Å². The van der Waals surface area contributed by atoms with Crippen molar-refractivity contribution in [3.63, 3.8) is 0 Å². The molecule has 1 aliphatic heterocycles. The molecule has 0 atom stereocenters. The van der Waals surface area contributed by atoms with Gasteiger partial charge in [-0.1, -0.05) is 22.8 Å². The summed E-state index contributed by atoms with van der Waals surface area (Å²) in [5, 5.41) is 7.81. The summed E-state index contributed by atoms with van der Waals surface area (Å²) >= 11 is 6.12. The predicted octanol–water partition coefficient (Wildman–Crippen LogP) is 3.81. The fraction of sp³-hybridized carbons (Fsp3) is 0.316. The van der Waals surface area contributed by atoms with Gasteiger partial charge >= 0.3 is 0 Å². The zero-order valence-corrected chi connectivity index (χ0v) is 16.1. The molecule has 27 heavy (non-hydrogen) atoms. The minimum Gasteiger partial charge on any atom is -0.368 e. The van der Waals surface area contributed by atoms with E-state index in [2.05, 4.69) is 36.3 Å². The fourth-order valence-electron chi connectivity index (χ4n) is 3.18. The molecular weight excluding hydrogens is 364 g/mol. The molecule has 0 bridgehead atoms. The Morgan fingerprint density at radius 1 is 1.00 bits per heavy atom. The zero-order chi connectivity index (χ0) is 18.8. The second-order valence-electron chi connectivity index (χ2n) is 6.59. The summed E-state index contributed by atoms with van der Waals surface area (Å²) in [5.41, 5.74) is 2.06. The summed E-state index contributed by atoms with van der Waals surface area (Å²) in [4.78, 5) is 13.7. The highest BCUT2D eigenvalue weighted by Crippen LogP contribution is 2.23. The van der Waals surface area contributed by atoms with Gasteiger partial charge in [0.25, 0.3) is 0 Å². The lowest BCUT2D eigenvalue weighted by molar-refractivity contribution is 0.400. The Labute approximate surface area is 163 Å². The number of anilines is 4. The Hall–Kier alpha value is -2.80. The van der Waals surface area contributed by atoms with Crippen LogP contribution >= 0.6 is 11.6 Å². The minimum absolute atomic E-state index is 0.524. The number of rotatable bonds is 4. The van der Waals surface area contributed by atoms with Crippen LogP contribution in [0.4, 0.5) is 23.3 Å². The van der Waals surface area contributed by atoms with Gasteiger partial charge in [0.05, 0.1) is 0 Å². The van der Waals surface area contributed by atoms with Crippen molar-refractivity contribution < 1.29 is 4.52 Å². The molecule has 1 N–H and O–H groups in total. The monoisotopic (exact) mass is 384 g/mol. The fourth-order valence-corrected chi connectivity index (χ4v) is 3.36. The molecule has 0 aliphatic carbocycles. The Bertz CT molecular complexity index is 935. The number of halogens is 1. The Morgan fingerprint density at radius 2 is 1.78 bits per heavy atom. The summed E-state index contributed by atoms with van der Waals surface area (Å²) in [7, 11) is 0. The van der Waals surface area contributed by atoms with Gasteiger partial charge in [-0.2, -0.15) is 4.98 Å². The summed E-state index contributed by atoms with van der Waals surface area (Å²) in [6.07, 6.45) is 0. The van der Waals surface area contributed by atoms with E-state index >= 15 is 0 Å². The smallest absolute Gasteiger partial charge is 0.230 e. The quantitative estimate of drug-likeness (QED) is 0.733. The molecule has 1 fully saturated rings. The van der Waals surface area contributed by atoms with Gasteiger partial charge in [0.15, 0.2) is 5.82 Å². The van der Waals surface area contributed by atoms with Crippen LogP contribution in [0.5, 0.6) is 0 Å². The Morgan fingerprint density at radius 3 is 2.48 bits per heavy atom. The predicted molar refractivity (Wildman–Crippen MR) is 107 cm³/mol. The molecule has 3 heterocycles. The molecule has 0 saturated carbocycles. The molecule has 0 unspecified atom stereocenters. The van der Waals surface area contributed by atoms with E-state index < -0.39 is 0 Å². The van der Waals surface area contributed by atoms with E-state index in [0.29, 0.717) is 11.8 Å². The van der Waals surface area contributed by atoms with Crippen LogP contribution in [0, 0.1) is 13.8 Å². The highest BCUT2D eigenvalue weighted by Gasteiger charge is 2.19. The number of piperazine rings is 1. The normalized spacial score (nSPS) is 14.5. The maximum atomic E-state index is 6.12. The summed E-state index contributed by atoms with van der Waals surface area (Å²) in [5.74, 6) is 2.78. The van der Waals surface area contributed by atoms with Gasteiger partial charge < -0.3 is 19.6 Å². The topological polar surface area (TPSA) is 70.3 Å². The van der Waals surface area contributed by atoms with Gasteiger partial charge in [-0.15, -0.1) is 0 Å². The lowest BCUT2D eigenvalue weighted by Gasteiger charge is -2.36. The van der Waals surface area contributed by atoms with E-state index in [-0.39, 0.29) is 0 Å². The van der Waals surface area contributed by atoms with Crippen molar-refractivity contribution in [2.45, 2.75) is 13.8 Å². The number of hydrogen-bond donors (Lipinski definition) is 1. The van der Waals surface area contributed by atoms with Crippen LogP contribution in [0.25, 0.3) is 0 Å². The van der Waals surface area contributed by atoms with Crippen LogP contribution in [-0.2, 0) is 0 Å². The molecule has 8 heteroatoms. The van der Waals surface area contributed by atoms with Gasteiger partial charge in [0.2, 0.25) is 5.95 Å². The number of benzene rings is 1. The number of nitrogens with zero attached hydrogens (tertiary/aromatic N) is 5. The van der Waals surface area contributed by atoms with Gasteiger partial charge in [0.1, 0.15) is 11.6 Å². The zero-order valence-electron chi connectivity index (χ0n) is 15.3. The van der Waals surface area contributed by atoms with Gasteiger partial charge in [-0.3, -0.25) is 0 Å². The number of nitrogens with one attached hydrogen (secondary N) is 1. The van der Waals surface area contributed by atoms with Crippen LogP contribution in [0.2, 0.25) is 5.02 Å². The molecular formula is C19H21ClN6O. The number of hydrogen-bond acceptors (Lipinski definition) is 7. The number of aromatic nitrogens is 3. The molecule has 4 rings (SSSR count). The van der Waals surface area contributed by atoms with Gasteiger partial charge in [-0.25, -0.2) is 4.98 Å². The molecule has 0 spiro atoms. The second kappa shape index (κ2) is 7.44. The minimum atomic E-state index is 0.524. The maximum Gasteiger partial charge on any atom is 0.230 e. The van der Waals surface area contributed by atoms with Crippen molar-refractivity contribution in [2.24, 2.45) is 0 Å². The molecule has 7 nitrogen and oxygen atoms in total. The number of aryl methyl sites for hydroxylation is 2. The average molecular weight is 385 g/mol. The van der Waals surface area contributed by atoms with E-state index in [1.165, 1.54) is 0 Å². The largest absolute Gasteiger partial charge is 0.368 e. The van der Waals surface area contributed by atoms with Crippen molar-refractivity contribution >= 4 is 34.9 Å². The molecule has 0 radical (unpaired) electrons. The molecule has 2 aromatic heterocycles. The highest BCUT2D eigenvalue weighted by molar-refractivity contribution is 6.30. The van der Waals surface area contributed by atoms with Crippen LogP contribution < -0.4 is 15.1 Å². The standard InChI is InChI=1S/C19H21ClN6O/c1-13-10-18(23-19(21-13)22-17-11-14(2)27-24-17)26-8-6-25(7-9-26)16-5-3-4-15(20)12-16/h3-5,10-12H,6-9H2,1-2H3,(H,21,22,23,24). The lowest BCUT2D eigenvalue weighted by Crippen LogP contribution is -2.46. The molecule has 0 amide bonds. The Kier molecular flexibility index (Phi) is 4.85. The first-order chi connectivity index (χ1) is 13.1. The van der Waals surface area contributed by atoms with Crippen LogP contribution in [0.15, 0.2) is 40.9 Å². The molecule has 3 aromatic rings. The van der Waals surface area contributed by atoms with Crippen molar-refractivity contribution in [1.29, 1.82) is 0 Å². The molecule has 1 aromatic carbocycles. The third kappa shape index (κ3) is 4.14. The second-order valence-corrected chi connectivity index (χ2v) is 7.03. The van der Waals surface area contributed by atoms with E-state index in [4.69, 9.17) is 16.1 Å². The first kappa shape index (κ1) is 17.6. The van der Waals surface area contributed by atoms with Crippen molar-refractivity contribution in [2.75, 3.05) is 41.3 Å². The van der Waals surface area contributed by atoms with Gasteiger partial charge in [0, 0.05) is 54.7 Å². The van der Waals surface area contributed by atoms with Crippen LogP contribution in [-0.4, -0.2) is 41.3 Å². The first-order valence-corrected chi connectivity index (χ1v) is 9.26. The third-order valence-electron chi connectivity index (χ3n) is 4.49. The molecule has 1 aliphatic rings. The SMILES string of the molecule is Cc1cc(N2CCN(c3cccc(Cl)c3)CC2)nc(Nc2cc(C)on2)n1. The summed E-state index contributed by atoms with van der Waals surface area (Å²) < 4.78 is 5.08. The van der Waals surface area contributed by atoms with Crippen molar-refractivity contribution in [3.8, 4) is 0 Å². The van der Waals surface area contributed by atoms with Crippen LogP contribution in [0.3, 0.4) is 0 Å². The maximum absolute atomic E-state index is 6.12. The van der Waals surface area contributed by atoms with Gasteiger partial charge in [-0.05, 0) is 32.0 Å². The van der Waals surface area contributed by atoms with E-state index in [1.54, 1.807) is 0 Å². The van der Waals surface area contributed by atoms with E-state index in [1.807, 2.05) is 44.2 Å². The van der Waals surface area contributed by atoms with Crippen LogP contribution in [0.1, 0.15) is 11.5 Å².